The lowest BCUT2D eigenvalue weighted by molar-refractivity contribution is -0.134. The van der Waals surface area contributed by atoms with Gasteiger partial charge in [0.2, 0.25) is 0 Å². The zero-order valence-corrected chi connectivity index (χ0v) is 15.2. The molecule has 7 nitrogen and oxygen atoms in total. The van der Waals surface area contributed by atoms with Crippen LogP contribution in [0.4, 0.5) is 5.69 Å². The third-order valence-electron chi connectivity index (χ3n) is 3.94. The van der Waals surface area contributed by atoms with Gasteiger partial charge in [-0.3, -0.25) is 0 Å². The highest BCUT2D eigenvalue weighted by molar-refractivity contribution is 6.31. The molecule has 0 unspecified atom stereocenters. The third-order valence-corrected chi connectivity index (χ3v) is 4.16. The molecule has 26 heavy (non-hydrogen) atoms. The summed E-state index contributed by atoms with van der Waals surface area (Å²) in [4.78, 5) is 21.5. The molecule has 1 aliphatic heterocycles. The number of benzene rings is 1. The quantitative estimate of drug-likeness (QED) is 0.703. The first-order chi connectivity index (χ1) is 12.3. The number of nitrogens with zero attached hydrogens (tertiary/aromatic N) is 1. The first-order valence-corrected chi connectivity index (χ1v) is 8.46. The highest BCUT2D eigenvalue weighted by Crippen LogP contribution is 2.33. The van der Waals surface area contributed by atoms with Gasteiger partial charge in [0.15, 0.2) is 5.58 Å². The number of hydrogen-bond donors (Lipinski definition) is 3. The number of hydrogen-bond acceptors (Lipinski definition) is 5. The second kappa shape index (κ2) is 8.73. The van der Waals surface area contributed by atoms with Gasteiger partial charge in [-0.05, 0) is 32.0 Å². The van der Waals surface area contributed by atoms with Gasteiger partial charge in [-0.2, -0.15) is 0 Å². The van der Waals surface area contributed by atoms with E-state index in [1.54, 1.807) is 6.26 Å². The van der Waals surface area contributed by atoms with Crippen molar-refractivity contribution in [3.8, 4) is 0 Å². The smallest absolute Gasteiger partial charge is 0.328 e. The summed E-state index contributed by atoms with van der Waals surface area (Å²) in [5, 5.41) is 20.9. The summed E-state index contributed by atoms with van der Waals surface area (Å²) < 4.78 is 5.62. The first-order valence-electron chi connectivity index (χ1n) is 8.08. The fourth-order valence-electron chi connectivity index (χ4n) is 2.74. The van der Waals surface area contributed by atoms with Crippen LogP contribution < -0.4 is 10.2 Å². The third kappa shape index (κ3) is 5.24. The van der Waals surface area contributed by atoms with Gasteiger partial charge in [-0.15, -0.1) is 0 Å². The van der Waals surface area contributed by atoms with Crippen molar-refractivity contribution in [1.82, 2.24) is 5.32 Å². The Hall–Kier alpha value is -2.51. The second-order valence-corrected chi connectivity index (χ2v) is 6.52. The zero-order valence-electron chi connectivity index (χ0n) is 14.5. The maximum atomic E-state index is 9.55. The average Bonchev–Trinajstić information content (AvgIpc) is 3.03. The summed E-state index contributed by atoms with van der Waals surface area (Å²) in [6.45, 7) is 6.37. The van der Waals surface area contributed by atoms with Crippen molar-refractivity contribution in [2.24, 2.45) is 0 Å². The average molecular weight is 381 g/mol. The fraction of sp³-hybridized carbons (Fsp3) is 0.333. The van der Waals surface area contributed by atoms with E-state index in [1.165, 1.54) is 0 Å². The van der Waals surface area contributed by atoms with Crippen molar-refractivity contribution in [3.05, 3.63) is 41.6 Å². The molecule has 0 bridgehead atoms. The number of carbonyl (C=O) groups is 2. The molecule has 0 aliphatic carbocycles. The van der Waals surface area contributed by atoms with Crippen LogP contribution in [0.5, 0.6) is 0 Å². The van der Waals surface area contributed by atoms with Gasteiger partial charge in [0, 0.05) is 47.7 Å². The van der Waals surface area contributed by atoms with Gasteiger partial charge in [-0.1, -0.05) is 11.6 Å². The minimum absolute atomic E-state index is 0.438. The Kier molecular flexibility index (Phi) is 6.65. The molecule has 3 N–H and O–H groups in total. The molecule has 1 saturated heterocycles. The Labute approximate surface area is 155 Å². The molecule has 2 heterocycles. The molecule has 1 fully saturated rings. The van der Waals surface area contributed by atoms with E-state index in [-0.39, 0.29) is 0 Å². The van der Waals surface area contributed by atoms with Crippen molar-refractivity contribution < 1.29 is 24.2 Å². The summed E-state index contributed by atoms with van der Waals surface area (Å²) in [7, 11) is 0. The molecule has 0 amide bonds. The Bertz CT molecular complexity index is 801. The van der Waals surface area contributed by atoms with Crippen LogP contribution in [0.1, 0.15) is 13.8 Å². The van der Waals surface area contributed by atoms with E-state index in [2.05, 4.69) is 24.1 Å². The standard InChI is InChI=1S/C14H17ClN2O.C4H4O4/c1-9-8-17(10(2)7-16-9)13-6-12(15)5-11-3-4-18-14(11)13;5-3(6)1-2-4(7)8/h3-6,9-10,16H,7-8H2,1-2H3;1-2H,(H,5,6)(H,7,8)/t9-,10+;/m0./s1. The van der Waals surface area contributed by atoms with Crippen LogP contribution >= 0.6 is 11.6 Å². The number of furan rings is 1. The number of aliphatic carboxylic acids is 2. The van der Waals surface area contributed by atoms with Crippen LogP contribution in [0.15, 0.2) is 41.0 Å². The zero-order chi connectivity index (χ0) is 19.3. The normalized spacial score (nSPS) is 20.0. The SMILES string of the molecule is C[C@@H]1CN[C@@H](C)CN1c1cc(Cl)cc2ccoc12.O=C(O)C=CC(=O)O. The van der Waals surface area contributed by atoms with E-state index < -0.39 is 11.9 Å². The molecule has 140 valence electrons. The number of carboxylic acid groups (broad SMARTS) is 2. The number of nitrogens with one attached hydrogen (secondary N) is 1. The number of fused-ring (bicyclic) bond motifs is 1. The van der Waals surface area contributed by atoms with Gasteiger partial charge >= 0.3 is 11.9 Å². The second-order valence-electron chi connectivity index (χ2n) is 6.08. The summed E-state index contributed by atoms with van der Waals surface area (Å²) in [6, 6.07) is 6.82. The topological polar surface area (TPSA) is 103 Å². The predicted molar refractivity (Wildman–Crippen MR) is 99.9 cm³/mol. The fourth-order valence-corrected chi connectivity index (χ4v) is 2.96. The Balaban J connectivity index is 0.000000260. The maximum absolute atomic E-state index is 9.55. The van der Waals surface area contributed by atoms with E-state index in [9.17, 15) is 9.59 Å². The van der Waals surface area contributed by atoms with Gasteiger partial charge in [0.1, 0.15) is 0 Å². The minimum Gasteiger partial charge on any atom is -0.478 e. The van der Waals surface area contributed by atoms with Crippen molar-refractivity contribution >= 4 is 40.2 Å². The van der Waals surface area contributed by atoms with Crippen LogP contribution in [0.2, 0.25) is 5.02 Å². The lowest BCUT2D eigenvalue weighted by atomic mass is 10.1. The largest absolute Gasteiger partial charge is 0.478 e. The lowest BCUT2D eigenvalue weighted by Crippen LogP contribution is -2.54. The summed E-state index contributed by atoms with van der Waals surface area (Å²) >= 11 is 6.20. The molecule has 2 atom stereocenters. The molecule has 1 aliphatic rings. The van der Waals surface area contributed by atoms with E-state index >= 15 is 0 Å². The lowest BCUT2D eigenvalue weighted by Gasteiger charge is -2.39. The monoisotopic (exact) mass is 380 g/mol. The summed E-state index contributed by atoms with van der Waals surface area (Å²) in [6.07, 6.45) is 2.84. The molecular formula is C18H21ClN2O5. The molecule has 3 rings (SSSR count). The summed E-state index contributed by atoms with van der Waals surface area (Å²) in [5.41, 5.74) is 2.03. The van der Waals surface area contributed by atoms with Crippen molar-refractivity contribution in [1.29, 1.82) is 0 Å². The van der Waals surface area contributed by atoms with Gasteiger partial charge in [-0.25, -0.2) is 9.59 Å². The predicted octanol–water partition coefficient (Wildman–Crippen LogP) is 2.98. The molecule has 2 aromatic rings. The van der Waals surface area contributed by atoms with Crippen LogP contribution in [-0.2, 0) is 9.59 Å². The molecule has 1 aromatic carbocycles. The number of halogens is 1. The van der Waals surface area contributed by atoms with Crippen LogP contribution in [0, 0.1) is 0 Å². The van der Waals surface area contributed by atoms with Gasteiger partial charge < -0.3 is 24.8 Å². The highest BCUT2D eigenvalue weighted by Gasteiger charge is 2.25. The van der Waals surface area contributed by atoms with Crippen LogP contribution in [0.25, 0.3) is 11.0 Å². The molecular weight excluding hydrogens is 360 g/mol. The van der Waals surface area contributed by atoms with E-state index in [4.69, 9.17) is 26.2 Å². The van der Waals surface area contributed by atoms with E-state index in [1.807, 2.05) is 18.2 Å². The number of carboxylic acids is 2. The Morgan fingerprint density at radius 3 is 2.54 bits per heavy atom. The Morgan fingerprint density at radius 1 is 1.27 bits per heavy atom. The van der Waals surface area contributed by atoms with E-state index in [0.29, 0.717) is 24.2 Å². The number of piperazine rings is 1. The minimum atomic E-state index is -1.26. The van der Waals surface area contributed by atoms with Crippen molar-refractivity contribution in [3.63, 3.8) is 0 Å². The number of rotatable bonds is 3. The molecule has 0 saturated carbocycles. The Morgan fingerprint density at radius 2 is 1.92 bits per heavy atom. The summed E-state index contributed by atoms with van der Waals surface area (Å²) in [5.74, 6) is -2.51. The van der Waals surface area contributed by atoms with Crippen LogP contribution in [0.3, 0.4) is 0 Å². The van der Waals surface area contributed by atoms with Gasteiger partial charge in [0.05, 0.1) is 12.0 Å². The van der Waals surface area contributed by atoms with Crippen molar-refractivity contribution in [2.45, 2.75) is 25.9 Å². The number of anilines is 1. The van der Waals surface area contributed by atoms with Gasteiger partial charge in [0.25, 0.3) is 0 Å². The molecule has 0 radical (unpaired) electrons. The van der Waals surface area contributed by atoms with Crippen molar-refractivity contribution in [2.75, 3.05) is 18.0 Å². The maximum Gasteiger partial charge on any atom is 0.328 e. The van der Waals surface area contributed by atoms with E-state index in [0.717, 1.165) is 34.8 Å². The van der Waals surface area contributed by atoms with Crippen LogP contribution in [-0.4, -0.2) is 47.3 Å². The molecule has 8 heteroatoms. The first kappa shape index (κ1) is 19.8. The molecule has 1 aromatic heterocycles. The highest BCUT2D eigenvalue weighted by atomic mass is 35.5. The molecule has 0 spiro atoms.